The maximum absolute atomic E-state index is 13.0. The van der Waals surface area contributed by atoms with Crippen molar-refractivity contribution < 1.29 is 29.4 Å². The lowest BCUT2D eigenvalue weighted by molar-refractivity contribution is -0.142. The van der Waals surface area contributed by atoms with Crippen LogP contribution in [0.5, 0.6) is 5.75 Å². The van der Waals surface area contributed by atoms with Gasteiger partial charge in [0.2, 0.25) is 17.7 Å². The Balaban J connectivity index is 2.76. The summed E-state index contributed by atoms with van der Waals surface area (Å²) < 4.78 is 0. The molecule has 0 saturated carbocycles. The molecule has 5 unspecified atom stereocenters. The quantitative estimate of drug-likeness (QED) is 0.0794. The first-order valence-corrected chi connectivity index (χ1v) is 12.1. The first kappa shape index (κ1) is 31.2. The molecule has 0 heterocycles. The van der Waals surface area contributed by atoms with Gasteiger partial charge in [-0.1, -0.05) is 32.4 Å². The number of amides is 3. The predicted octanol–water partition coefficient (Wildman–Crippen LogP) is -1.08. The number of rotatable bonds is 15. The molecule has 13 nitrogen and oxygen atoms in total. The van der Waals surface area contributed by atoms with Crippen LogP contribution in [-0.2, 0) is 25.6 Å². The number of hydrogen-bond acceptors (Lipinski definition) is 7. The second-order valence-corrected chi connectivity index (χ2v) is 8.93. The number of aliphatic carboxylic acids is 1. The predicted molar refractivity (Wildman–Crippen MR) is 138 cm³/mol. The monoisotopic (exact) mass is 521 g/mol. The first-order chi connectivity index (χ1) is 17.3. The van der Waals surface area contributed by atoms with Crippen molar-refractivity contribution in [2.24, 2.45) is 28.1 Å². The number of carboxylic acids is 1. The average Bonchev–Trinajstić information content (AvgIpc) is 2.84. The van der Waals surface area contributed by atoms with Crippen molar-refractivity contribution in [2.75, 3.05) is 6.54 Å². The zero-order valence-electron chi connectivity index (χ0n) is 21.4. The summed E-state index contributed by atoms with van der Waals surface area (Å²) in [7, 11) is 0. The van der Waals surface area contributed by atoms with Crippen molar-refractivity contribution in [3.8, 4) is 5.75 Å². The van der Waals surface area contributed by atoms with E-state index in [9.17, 15) is 29.4 Å². The molecule has 1 rings (SSSR count). The fourth-order valence-electron chi connectivity index (χ4n) is 3.37. The maximum atomic E-state index is 13.0. The van der Waals surface area contributed by atoms with Crippen molar-refractivity contribution >= 4 is 29.7 Å². The van der Waals surface area contributed by atoms with Gasteiger partial charge in [-0.3, -0.25) is 19.4 Å². The van der Waals surface area contributed by atoms with Gasteiger partial charge in [0.05, 0.1) is 6.04 Å². The SMILES string of the molecule is CCC(C)C(NC(=O)C(N)Cc1ccc(O)cc1)C(=O)NC(C)C(=O)NC(CCCN=C(N)N)C(=O)O. The summed E-state index contributed by atoms with van der Waals surface area (Å²) in [5.74, 6) is -3.36. The van der Waals surface area contributed by atoms with E-state index in [-0.39, 0.29) is 37.0 Å². The number of benzene rings is 1. The number of carboxylic acid groups (broad SMARTS) is 1. The standard InChI is InChI=1S/C24H39N7O6/c1-4-13(2)19(31-21(34)17(25)12-15-7-9-16(32)10-8-15)22(35)29-14(3)20(33)30-18(23(36)37)6-5-11-28-24(26)27/h7-10,13-14,17-19,32H,4-6,11-12,25H2,1-3H3,(H,29,35)(H,30,33)(H,31,34)(H,36,37)(H4,26,27,28). The minimum Gasteiger partial charge on any atom is -0.508 e. The summed E-state index contributed by atoms with van der Waals surface area (Å²) in [5, 5.41) is 26.4. The van der Waals surface area contributed by atoms with Crippen molar-refractivity contribution in [1.82, 2.24) is 16.0 Å². The summed E-state index contributed by atoms with van der Waals surface area (Å²) in [6, 6.07) is 2.10. The number of phenols is 1. The molecule has 0 aromatic heterocycles. The van der Waals surface area contributed by atoms with Crippen LogP contribution in [0.3, 0.4) is 0 Å². The van der Waals surface area contributed by atoms with Crippen molar-refractivity contribution in [3.05, 3.63) is 29.8 Å². The van der Waals surface area contributed by atoms with Crippen LogP contribution < -0.4 is 33.2 Å². The summed E-state index contributed by atoms with van der Waals surface area (Å²) in [4.78, 5) is 53.6. The molecule has 37 heavy (non-hydrogen) atoms. The van der Waals surface area contributed by atoms with E-state index in [1.54, 1.807) is 19.1 Å². The largest absolute Gasteiger partial charge is 0.508 e. The normalized spacial score (nSPS) is 14.8. The van der Waals surface area contributed by atoms with Crippen LogP contribution >= 0.6 is 0 Å². The Labute approximate surface area is 216 Å². The van der Waals surface area contributed by atoms with Gasteiger partial charge in [-0.25, -0.2) is 4.79 Å². The van der Waals surface area contributed by atoms with E-state index >= 15 is 0 Å². The second kappa shape index (κ2) is 15.3. The van der Waals surface area contributed by atoms with E-state index in [1.807, 2.05) is 6.92 Å². The summed E-state index contributed by atoms with van der Waals surface area (Å²) in [6.07, 6.45) is 1.16. The molecule has 0 spiro atoms. The molecule has 5 atom stereocenters. The molecule has 3 amide bonds. The highest BCUT2D eigenvalue weighted by atomic mass is 16.4. The van der Waals surface area contributed by atoms with E-state index < -0.39 is 47.9 Å². The van der Waals surface area contributed by atoms with Gasteiger partial charge in [0, 0.05) is 6.54 Å². The fraction of sp³-hybridized carbons (Fsp3) is 0.542. The van der Waals surface area contributed by atoms with Crippen LogP contribution in [0, 0.1) is 5.92 Å². The van der Waals surface area contributed by atoms with Crippen LogP contribution in [0.15, 0.2) is 29.3 Å². The average molecular weight is 522 g/mol. The highest BCUT2D eigenvalue weighted by Crippen LogP contribution is 2.12. The molecule has 1 aromatic carbocycles. The number of aliphatic imine (C=N–C) groups is 1. The number of carbonyl (C=O) groups excluding carboxylic acids is 3. The van der Waals surface area contributed by atoms with E-state index in [0.717, 1.165) is 5.56 Å². The smallest absolute Gasteiger partial charge is 0.326 e. The minimum absolute atomic E-state index is 0.0863. The molecule has 13 heteroatoms. The van der Waals surface area contributed by atoms with Crippen LogP contribution in [0.4, 0.5) is 0 Å². The first-order valence-electron chi connectivity index (χ1n) is 12.1. The van der Waals surface area contributed by atoms with Gasteiger partial charge in [0.25, 0.3) is 0 Å². The van der Waals surface area contributed by atoms with Gasteiger partial charge in [-0.2, -0.15) is 0 Å². The molecule has 1 aromatic rings. The van der Waals surface area contributed by atoms with E-state index in [1.165, 1.54) is 19.1 Å². The molecule has 0 fully saturated rings. The van der Waals surface area contributed by atoms with Gasteiger partial charge in [-0.05, 0) is 49.8 Å². The number of guanidine groups is 1. The molecule has 206 valence electrons. The van der Waals surface area contributed by atoms with Gasteiger partial charge < -0.3 is 43.4 Å². The zero-order valence-corrected chi connectivity index (χ0v) is 21.4. The molecule has 11 N–H and O–H groups in total. The second-order valence-electron chi connectivity index (χ2n) is 8.93. The third-order valence-corrected chi connectivity index (χ3v) is 5.83. The Morgan fingerprint density at radius 3 is 2.14 bits per heavy atom. The van der Waals surface area contributed by atoms with Crippen molar-refractivity contribution in [1.29, 1.82) is 0 Å². The van der Waals surface area contributed by atoms with Gasteiger partial charge in [0.1, 0.15) is 23.9 Å². The summed E-state index contributed by atoms with van der Waals surface area (Å²) in [6.45, 7) is 5.25. The fourth-order valence-corrected chi connectivity index (χ4v) is 3.37. The highest BCUT2D eigenvalue weighted by molar-refractivity contribution is 5.94. The minimum atomic E-state index is -1.23. The van der Waals surface area contributed by atoms with Gasteiger partial charge >= 0.3 is 5.97 Å². The van der Waals surface area contributed by atoms with E-state index in [0.29, 0.717) is 12.8 Å². The Bertz CT molecular complexity index is 949. The molecular formula is C24H39N7O6. The molecule has 0 radical (unpaired) electrons. The van der Waals surface area contributed by atoms with Gasteiger partial charge in [0.15, 0.2) is 5.96 Å². The molecule has 0 saturated heterocycles. The topological polar surface area (TPSA) is 235 Å². The number of hydrogen-bond donors (Lipinski definition) is 8. The third kappa shape index (κ3) is 11.2. The van der Waals surface area contributed by atoms with Gasteiger partial charge in [-0.15, -0.1) is 0 Å². The lowest BCUT2D eigenvalue weighted by Gasteiger charge is -2.27. The van der Waals surface area contributed by atoms with Crippen LogP contribution in [0.25, 0.3) is 0 Å². The molecule has 0 aliphatic heterocycles. The lowest BCUT2D eigenvalue weighted by atomic mass is 9.97. The van der Waals surface area contributed by atoms with Crippen LogP contribution in [0.2, 0.25) is 0 Å². The number of nitrogens with zero attached hydrogens (tertiary/aromatic N) is 1. The molecule has 0 aliphatic rings. The number of nitrogens with one attached hydrogen (secondary N) is 3. The molecule has 0 bridgehead atoms. The Hall–Kier alpha value is -3.87. The molecular weight excluding hydrogens is 482 g/mol. The lowest BCUT2D eigenvalue weighted by Crippen LogP contribution is -2.58. The number of aromatic hydroxyl groups is 1. The van der Waals surface area contributed by atoms with Crippen LogP contribution in [0.1, 0.15) is 45.6 Å². The number of phenolic OH excluding ortho intramolecular Hbond substituents is 1. The zero-order chi connectivity index (χ0) is 28.1. The Morgan fingerprint density at radius 2 is 1.59 bits per heavy atom. The Kier molecular flexibility index (Phi) is 12.9. The van der Waals surface area contributed by atoms with E-state index in [2.05, 4.69) is 20.9 Å². The summed E-state index contributed by atoms with van der Waals surface area (Å²) in [5.41, 5.74) is 17.2. The maximum Gasteiger partial charge on any atom is 0.326 e. The highest BCUT2D eigenvalue weighted by Gasteiger charge is 2.31. The third-order valence-electron chi connectivity index (χ3n) is 5.83. The van der Waals surface area contributed by atoms with Crippen molar-refractivity contribution in [3.63, 3.8) is 0 Å². The number of carbonyl (C=O) groups is 4. The number of nitrogens with two attached hydrogens (primary N) is 3. The Morgan fingerprint density at radius 1 is 0.973 bits per heavy atom. The van der Waals surface area contributed by atoms with Crippen LogP contribution in [-0.4, -0.2) is 70.6 Å². The summed E-state index contributed by atoms with van der Waals surface area (Å²) >= 11 is 0. The molecule has 0 aliphatic carbocycles. The van der Waals surface area contributed by atoms with Crippen molar-refractivity contribution in [2.45, 2.75) is 70.6 Å². The van der Waals surface area contributed by atoms with E-state index in [4.69, 9.17) is 17.2 Å².